The number of alkyl halides is 1. The van der Waals surface area contributed by atoms with Crippen molar-refractivity contribution in [1.82, 2.24) is 9.97 Å². The lowest BCUT2D eigenvalue weighted by molar-refractivity contribution is 0.211. The van der Waals surface area contributed by atoms with Crippen molar-refractivity contribution in [2.24, 2.45) is 0 Å². The molecule has 1 heterocycles. The number of nitrogens with zero attached hydrogens (tertiary/aromatic N) is 3. The van der Waals surface area contributed by atoms with Crippen LogP contribution >= 0.6 is 11.6 Å². The molecule has 2 rings (SSSR count). The molecule has 7 heteroatoms. The maximum Gasteiger partial charge on any atom is 0.229 e. The summed E-state index contributed by atoms with van der Waals surface area (Å²) in [5, 5.41) is 15.8. The summed E-state index contributed by atoms with van der Waals surface area (Å²) in [7, 11) is 3.89. The fraction of sp³-hybridized carbons (Fsp3) is 0.375. The van der Waals surface area contributed by atoms with Crippen molar-refractivity contribution in [2.75, 3.05) is 42.1 Å². The first-order chi connectivity index (χ1) is 11.0. The molecule has 1 aromatic carbocycles. The van der Waals surface area contributed by atoms with Gasteiger partial charge in [-0.2, -0.15) is 4.98 Å². The zero-order chi connectivity index (χ0) is 16.8. The molecule has 0 aliphatic carbocycles. The number of halogens is 1. The molecule has 0 aliphatic heterocycles. The maximum absolute atomic E-state index is 9.44. The van der Waals surface area contributed by atoms with E-state index in [-0.39, 0.29) is 5.88 Å². The Hall–Kier alpha value is -2.05. The summed E-state index contributed by atoms with van der Waals surface area (Å²) in [4.78, 5) is 10.8. The third-order valence-corrected chi connectivity index (χ3v) is 3.52. The molecule has 0 aliphatic rings. The minimum absolute atomic E-state index is 0.214. The largest absolute Gasteiger partial charge is 0.390 e. The van der Waals surface area contributed by atoms with Crippen LogP contribution in [0.5, 0.6) is 0 Å². The van der Waals surface area contributed by atoms with E-state index >= 15 is 0 Å². The smallest absolute Gasteiger partial charge is 0.229 e. The minimum atomic E-state index is -0.556. The van der Waals surface area contributed by atoms with Crippen LogP contribution in [0.3, 0.4) is 0 Å². The molecule has 0 amide bonds. The lowest BCUT2D eigenvalue weighted by Gasteiger charge is -2.14. The predicted octanol–water partition coefficient (Wildman–Crippen LogP) is 2.61. The lowest BCUT2D eigenvalue weighted by atomic mass is 10.2. The van der Waals surface area contributed by atoms with Crippen LogP contribution in [-0.2, 0) is 0 Å². The average molecular weight is 336 g/mol. The first kappa shape index (κ1) is 17.3. The Morgan fingerprint density at radius 1 is 1.17 bits per heavy atom. The highest BCUT2D eigenvalue weighted by molar-refractivity contribution is 6.18. The van der Waals surface area contributed by atoms with Crippen LogP contribution in [0.15, 0.2) is 30.3 Å². The van der Waals surface area contributed by atoms with Crippen LogP contribution < -0.4 is 15.5 Å². The Labute approximate surface area is 141 Å². The van der Waals surface area contributed by atoms with E-state index in [0.717, 1.165) is 22.9 Å². The zero-order valence-electron chi connectivity index (χ0n) is 13.5. The predicted molar refractivity (Wildman–Crippen MR) is 96.0 cm³/mol. The monoisotopic (exact) mass is 335 g/mol. The van der Waals surface area contributed by atoms with E-state index in [1.165, 1.54) is 0 Å². The Kier molecular flexibility index (Phi) is 6.01. The van der Waals surface area contributed by atoms with Gasteiger partial charge in [0.2, 0.25) is 5.95 Å². The number of benzene rings is 1. The highest BCUT2D eigenvalue weighted by Gasteiger charge is 2.05. The number of aryl methyl sites for hydroxylation is 1. The molecule has 0 saturated carbocycles. The number of rotatable bonds is 7. The summed E-state index contributed by atoms with van der Waals surface area (Å²) in [6.45, 7) is 2.36. The van der Waals surface area contributed by atoms with Crippen LogP contribution in [0.1, 0.15) is 5.69 Å². The topological polar surface area (TPSA) is 73.3 Å². The van der Waals surface area contributed by atoms with Crippen molar-refractivity contribution in [2.45, 2.75) is 13.0 Å². The van der Waals surface area contributed by atoms with Crippen molar-refractivity contribution >= 4 is 34.7 Å². The number of hydrogen-bond donors (Lipinski definition) is 3. The molecule has 1 aromatic heterocycles. The van der Waals surface area contributed by atoms with Gasteiger partial charge in [-0.15, -0.1) is 11.6 Å². The van der Waals surface area contributed by atoms with E-state index in [2.05, 4.69) is 20.6 Å². The third-order valence-electron chi connectivity index (χ3n) is 3.16. The number of aliphatic hydroxyl groups excluding tert-OH is 1. The van der Waals surface area contributed by atoms with E-state index in [1.54, 1.807) is 0 Å². The molecule has 3 N–H and O–H groups in total. The van der Waals surface area contributed by atoms with Crippen molar-refractivity contribution in [3.8, 4) is 0 Å². The van der Waals surface area contributed by atoms with Crippen LogP contribution in [0.4, 0.5) is 23.1 Å². The average Bonchev–Trinajstić information content (AvgIpc) is 2.53. The first-order valence-electron chi connectivity index (χ1n) is 7.36. The van der Waals surface area contributed by atoms with Crippen LogP contribution in [0.25, 0.3) is 0 Å². The molecule has 1 unspecified atom stereocenters. The molecule has 0 radical (unpaired) electrons. The van der Waals surface area contributed by atoms with E-state index in [1.807, 2.05) is 56.3 Å². The molecule has 0 fully saturated rings. The van der Waals surface area contributed by atoms with Gasteiger partial charge >= 0.3 is 0 Å². The molecule has 0 spiro atoms. The quantitative estimate of drug-likeness (QED) is 0.675. The first-order valence-corrected chi connectivity index (χ1v) is 7.89. The summed E-state index contributed by atoms with van der Waals surface area (Å²) in [6.07, 6.45) is -0.556. The van der Waals surface area contributed by atoms with Gasteiger partial charge in [0.25, 0.3) is 0 Å². The summed E-state index contributed by atoms with van der Waals surface area (Å²) in [5.74, 6) is 1.63. The van der Waals surface area contributed by atoms with E-state index < -0.39 is 6.10 Å². The van der Waals surface area contributed by atoms with Gasteiger partial charge in [-0.05, 0) is 31.2 Å². The third kappa shape index (κ3) is 5.26. The van der Waals surface area contributed by atoms with Gasteiger partial charge in [0, 0.05) is 43.8 Å². The van der Waals surface area contributed by atoms with Crippen molar-refractivity contribution in [3.05, 3.63) is 36.0 Å². The van der Waals surface area contributed by atoms with Gasteiger partial charge in [-0.25, -0.2) is 4.98 Å². The van der Waals surface area contributed by atoms with Gasteiger partial charge in [-0.1, -0.05) is 0 Å². The number of aromatic nitrogens is 2. The summed E-state index contributed by atoms with van der Waals surface area (Å²) in [6, 6.07) is 9.63. The summed E-state index contributed by atoms with van der Waals surface area (Å²) >= 11 is 5.56. The summed E-state index contributed by atoms with van der Waals surface area (Å²) < 4.78 is 0. The van der Waals surface area contributed by atoms with E-state index in [4.69, 9.17) is 11.6 Å². The highest BCUT2D eigenvalue weighted by atomic mass is 35.5. The second-order valence-electron chi connectivity index (χ2n) is 5.48. The summed E-state index contributed by atoms with van der Waals surface area (Å²) in [5.41, 5.74) is 2.71. The second kappa shape index (κ2) is 7.99. The van der Waals surface area contributed by atoms with Gasteiger partial charge in [0.15, 0.2) is 0 Å². The normalized spacial score (nSPS) is 11.9. The SMILES string of the molecule is Cc1cc(N(C)C)nc(Nc2ccc(NCC(O)CCl)cc2)n1. The fourth-order valence-corrected chi connectivity index (χ4v) is 2.04. The number of aliphatic hydroxyl groups is 1. The molecule has 6 nitrogen and oxygen atoms in total. The molecule has 124 valence electrons. The molecule has 2 aromatic rings. The molecular formula is C16H22ClN5O. The highest BCUT2D eigenvalue weighted by Crippen LogP contribution is 2.19. The van der Waals surface area contributed by atoms with E-state index in [9.17, 15) is 5.11 Å². The molecule has 0 saturated heterocycles. The van der Waals surface area contributed by atoms with Gasteiger partial charge in [-0.3, -0.25) is 0 Å². The second-order valence-corrected chi connectivity index (χ2v) is 5.79. The van der Waals surface area contributed by atoms with Gasteiger partial charge < -0.3 is 20.6 Å². The van der Waals surface area contributed by atoms with Crippen LogP contribution in [0.2, 0.25) is 0 Å². The molecule has 23 heavy (non-hydrogen) atoms. The van der Waals surface area contributed by atoms with Crippen LogP contribution in [0, 0.1) is 6.92 Å². The van der Waals surface area contributed by atoms with Crippen molar-refractivity contribution in [3.63, 3.8) is 0 Å². The van der Waals surface area contributed by atoms with Gasteiger partial charge in [0.05, 0.1) is 12.0 Å². The van der Waals surface area contributed by atoms with Crippen LogP contribution in [-0.4, -0.2) is 47.7 Å². The minimum Gasteiger partial charge on any atom is -0.390 e. The van der Waals surface area contributed by atoms with E-state index in [0.29, 0.717) is 12.5 Å². The maximum atomic E-state index is 9.44. The number of nitrogens with one attached hydrogen (secondary N) is 2. The molecular weight excluding hydrogens is 314 g/mol. The van der Waals surface area contributed by atoms with Gasteiger partial charge in [0.1, 0.15) is 5.82 Å². The standard InChI is InChI=1S/C16H22ClN5O/c1-11-8-15(22(2)3)21-16(19-11)20-13-6-4-12(5-7-13)18-10-14(23)9-17/h4-8,14,18,23H,9-10H2,1-3H3,(H,19,20,21). The fourth-order valence-electron chi connectivity index (χ4n) is 1.93. The Bertz CT molecular complexity index is 633. The number of anilines is 4. The lowest BCUT2D eigenvalue weighted by Crippen LogP contribution is -2.20. The Balaban J connectivity index is 2.03. The number of hydrogen-bond acceptors (Lipinski definition) is 6. The molecule has 1 atom stereocenters. The van der Waals surface area contributed by atoms with Crippen molar-refractivity contribution in [1.29, 1.82) is 0 Å². The van der Waals surface area contributed by atoms with Crippen molar-refractivity contribution < 1.29 is 5.11 Å². The Morgan fingerprint density at radius 3 is 2.43 bits per heavy atom. The molecule has 0 bridgehead atoms. The zero-order valence-corrected chi connectivity index (χ0v) is 14.3. The Morgan fingerprint density at radius 2 is 1.83 bits per heavy atom.